The van der Waals surface area contributed by atoms with E-state index in [1.165, 1.54) is 11.8 Å². The third kappa shape index (κ3) is 5.88. The van der Waals surface area contributed by atoms with E-state index < -0.39 is 0 Å². The van der Waals surface area contributed by atoms with E-state index in [0.717, 1.165) is 11.3 Å². The number of nitrogens with zero attached hydrogens (tertiary/aromatic N) is 2. The molecule has 2 aromatic rings. The third-order valence-corrected chi connectivity index (χ3v) is 4.07. The van der Waals surface area contributed by atoms with Gasteiger partial charge in [-0.3, -0.25) is 4.79 Å². The molecular formula is C17H23N3O3S. The third-order valence-electron chi connectivity index (χ3n) is 3.13. The van der Waals surface area contributed by atoms with Gasteiger partial charge in [-0.15, -0.1) is 10.2 Å². The summed E-state index contributed by atoms with van der Waals surface area (Å²) in [7, 11) is 0. The van der Waals surface area contributed by atoms with Crippen LogP contribution < -0.4 is 10.1 Å². The van der Waals surface area contributed by atoms with Gasteiger partial charge in [0.1, 0.15) is 5.75 Å². The van der Waals surface area contributed by atoms with Crippen molar-refractivity contribution in [1.29, 1.82) is 0 Å². The van der Waals surface area contributed by atoms with Gasteiger partial charge in [0, 0.05) is 6.54 Å². The van der Waals surface area contributed by atoms with Gasteiger partial charge in [0.2, 0.25) is 5.91 Å². The molecule has 0 saturated heterocycles. The first kappa shape index (κ1) is 18.3. The smallest absolute Gasteiger partial charge is 0.277 e. The maximum absolute atomic E-state index is 12.0. The molecule has 0 spiro atoms. The van der Waals surface area contributed by atoms with Crippen LogP contribution in [0.5, 0.6) is 5.75 Å². The molecule has 1 amide bonds. The molecule has 0 bridgehead atoms. The number of hydrogen-bond acceptors (Lipinski definition) is 6. The first-order chi connectivity index (χ1) is 11.4. The Balaban J connectivity index is 1.83. The lowest BCUT2D eigenvalue weighted by molar-refractivity contribution is -0.120. The summed E-state index contributed by atoms with van der Waals surface area (Å²) in [6, 6.07) is 7.74. The van der Waals surface area contributed by atoms with Crippen molar-refractivity contribution in [2.24, 2.45) is 5.92 Å². The largest absolute Gasteiger partial charge is 0.484 e. The van der Waals surface area contributed by atoms with Crippen molar-refractivity contribution in [3.63, 3.8) is 0 Å². The minimum absolute atomic E-state index is 0.0375. The Bertz CT molecular complexity index is 673. The molecule has 1 atom stereocenters. The lowest BCUT2D eigenvalue weighted by atomic mass is 10.2. The highest BCUT2D eigenvalue weighted by molar-refractivity contribution is 8.00. The first-order valence-corrected chi connectivity index (χ1v) is 8.78. The van der Waals surface area contributed by atoms with E-state index in [1.54, 1.807) is 0 Å². The quantitative estimate of drug-likeness (QED) is 0.738. The van der Waals surface area contributed by atoms with E-state index in [9.17, 15) is 4.79 Å². The second-order valence-electron chi connectivity index (χ2n) is 5.97. The summed E-state index contributed by atoms with van der Waals surface area (Å²) in [4.78, 5) is 12.0. The monoisotopic (exact) mass is 349 g/mol. The van der Waals surface area contributed by atoms with Gasteiger partial charge in [-0.05, 0) is 37.5 Å². The highest BCUT2D eigenvalue weighted by atomic mass is 32.2. The molecule has 24 heavy (non-hydrogen) atoms. The van der Waals surface area contributed by atoms with Crippen LogP contribution in [0, 0.1) is 12.8 Å². The number of amides is 1. The Labute approximate surface area is 146 Å². The SMILES string of the molecule is Cc1cccc(OCc2nnc(SC(C)C(=O)NCC(C)C)o2)c1. The molecular weight excluding hydrogens is 326 g/mol. The van der Waals surface area contributed by atoms with E-state index in [-0.39, 0.29) is 17.8 Å². The van der Waals surface area contributed by atoms with Gasteiger partial charge >= 0.3 is 0 Å². The number of thioether (sulfide) groups is 1. The van der Waals surface area contributed by atoms with Crippen molar-refractivity contribution in [2.45, 2.75) is 44.8 Å². The predicted molar refractivity (Wildman–Crippen MR) is 93.0 cm³/mol. The molecule has 0 aliphatic carbocycles. The molecule has 0 fully saturated rings. The fourth-order valence-corrected chi connectivity index (χ4v) is 2.57. The fraction of sp³-hybridized carbons (Fsp3) is 0.471. The van der Waals surface area contributed by atoms with Gasteiger partial charge in [0.25, 0.3) is 11.1 Å². The lowest BCUT2D eigenvalue weighted by Gasteiger charge is -2.11. The maximum atomic E-state index is 12.0. The average molecular weight is 349 g/mol. The van der Waals surface area contributed by atoms with Crippen molar-refractivity contribution < 1.29 is 13.9 Å². The van der Waals surface area contributed by atoms with Gasteiger partial charge in [0.15, 0.2) is 6.61 Å². The Morgan fingerprint density at radius 3 is 2.83 bits per heavy atom. The number of aromatic nitrogens is 2. The van der Waals surface area contributed by atoms with Gasteiger partial charge in [-0.25, -0.2) is 0 Å². The topological polar surface area (TPSA) is 77.2 Å². The summed E-state index contributed by atoms with van der Waals surface area (Å²) in [5, 5.41) is 10.9. The zero-order chi connectivity index (χ0) is 17.5. The fourth-order valence-electron chi connectivity index (χ4n) is 1.85. The lowest BCUT2D eigenvalue weighted by Crippen LogP contribution is -2.33. The van der Waals surface area contributed by atoms with E-state index in [2.05, 4.69) is 29.4 Å². The maximum Gasteiger partial charge on any atom is 0.277 e. The summed E-state index contributed by atoms with van der Waals surface area (Å²) in [6.45, 7) is 8.77. The molecule has 7 heteroatoms. The van der Waals surface area contributed by atoms with Crippen LogP contribution in [-0.2, 0) is 11.4 Å². The molecule has 1 heterocycles. The van der Waals surface area contributed by atoms with Crippen molar-refractivity contribution in [1.82, 2.24) is 15.5 Å². The van der Waals surface area contributed by atoms with Crippen LogP contribution in [0.1, 0.15) is 32.2 Å². The molecule has 1 aromatic carbocycles. The van der Waals surface area contributed by atoms with Gasteiger partial charge in [-0.1, -0.05) is 37.7 Å². The van der Waals surface area contributed by atoms with E-state index in [1.807, 2.05) is 38.1 Å². The molecule has 130 valence electrons. The second kappa shape index (κ2) is 8.73. The summed E-state index contributed by atoms with van der Waals surface area (Å²) in [5.41, 5.74) is 1.12. The number of nitrogens with one attached hydrogen (secondary N) is 1. The Kier molecular flexibility index (Phi) is 6.66. The van der Waals surface area contributed by atoms with Crippen LogP contribution in [-0.4, -0.2) is 27.9 Å². The van der Waals surface area contributed by atoms with Crippen LogP contribution in [0.15, 0.2) is 33.9 Å². The molecule has 0 radical (unpaired) electrons. The number of benzene rings is 1. The molecule has 2 rings (SSSR count). The zero-order valence-electron chi connectivity index (χ0n) is 14.4. The van der Waals surface area contributed by atoms with Crippen LogP contribution in [0.3, 0.4) is 0 Å². The van der Waals surface area contributed by atoms with Crippen molar-refractivity contribution >= 4 is 17.7 Å². The van der Waals surface area contributed by atoms with Crippen LogP contribution in [0.2, 0.25) is 0 Å². The molecule has 1 unspecified atom stereocenters. The number of rotatable bonds is 8. The van der Waals surface area contributed by atoms with Crippen LogP contribution in [0.25, 0.3) is 0 Å². The number of aryl methyl sites for hydroxylation is 1. The molecule has 0 aliphatic rings. The van der Waals surface area contributed by atoms with Gasteiger partial charge in [-0.2, -0.15) is 0 Å². The summed E-state index contributed by atoms with van der Waals surface area (Å²) >= 11 is 1.24. The van der Waals surface area contributed by atoms with Crippen LogP contribution in [0.4, 0.5) is 0 Å². The minimum Gasteiger partial charge on any atom is -0.484 e. The highest BCUT2D eigenvalue weighted by Crippen LogP contribution is 2.22. The van der Waals surface area contributed by atoms with E-state index >= 15 is 0 Å². The van der Waals surface area contributed by atoms with Gasteiger partial charge in [0.05, 0.1) is 5.25 Å². The van der Waals surface area contributed by atoms with Crippen molar-refractivity contribution in [3.8, 4) is 5.75 Å². The van der Waals surface area contributed by atoms with E-state index in [0.29, 0.717) is 23.6 Å². The Morgan fingerprint density at radius 1 is 1.33 bits per heavy atom. The zero-order valence-corrected chi connectivity index (χ0v) is 15.2. The van der Waals surface area contributed by atoms with Crippen molar-refractivity contribution in [2.75, 3.05) is 6.54 Å². The Morgan fingerprint density at radius 2 is 2.12 bits per heavy atom. The molecule has 1 aromatic heterocycles. The van der Waals surface area contributed by atoms with Crippen molar-refractivity contribution in [3.05, 3.63) is 35.7 Å². The van der Waals surface area contributed by atoms with Gasteiger partial charge < -0.3 is 14.5 Å². The Hall–Kier alpha value is -2.02. The average Bonchev–Trinajstić information content (AvgIpc) is 2.98. The summed E-state index contributed by atoms with van der Waals surface area (Å²) in [5.74, 6) is 1.52. The first-order valence-electron chi connectivity index (χ1n) is 7.90. The number of hydrogen-bond donors (Lipinski definition) is 1. The second-order valence-corrected chi connectivity index (χ2v) is 7.26. The summed E-state index contributed by atoms with van der Waals surface area (Å²) in [6.07, 6.45) is 0. The van der Waals surface area contributed by atoms with Crippen LogP contribution >= 0.6 is 11.8 Å². The highest BCUT2D eigenvalue weighted by Gasteiger charge is 2.18. The molecule has 6 nitrogen and oxygen atoms in total. The number of carbonyl (C=O) groups excluding carboxylic acids is 1. The van der Waals surface area contributed by atoms with E-state index in [4.69, 9.17) is 9.15 Å². The normalized spacial score (nSPS) is 12.2. The standard InChI is InChI=1S/C17H23N3O3S/c1-11(2)9-18-16(21)13(4)24-17-20-19-15(23-17)10-22-14-7-5-6-12(3)8-14/h5-8,11,13H,9-10H2,1-4H3,(H,18,21). The molecule has 0 aliphatic heterocycles. The molecule has 0 saturated carbocycles. The summed E-state index contributed by atoms with van der Waals surface area (Å²) < 4.78 is 11.1. The number of carbonyl (C=O) groups is 1. The predicted octanol–water partition coefficient (Wildman–Crippen LogP) is 3.21. The minimum atomic E-state index is -0.297. The molecule has 1 N–H and O–H groups in total. The number of ether oxygens (including phenoxy) is 1.